The Kier molecular flexibility index (Phi) is 7.95. The highest BCUT2D eigenvalue weighted by molar-refractivity contribution is 8.15. The number of ether oxygens (including phenoxy) is 2. The third kappa shape index (κ3) is 5.81. The van der Waals surface area contributed by atoms with Crippen molar-refractivity contribution in [3.8, 4) is 11.5 Å². The zero-order chi connectivity index (χ0) is 28.3. The number of benzene rings is 2. The standard InChI is InChI=1S/C30H33N5O5S/c1-2-25(28(37)32-19-12-14-23-24(16-19)40-17-39-23)41-30-34-21-11-7-6-10-20(21)27-33-22(29(38)35(27)30)13-15-26(36)31-18-8-4-3-5-9-18/h6-7,10-12,14,16,18,22,25H,2-5,8-9,13,15,17H2,1H3,(H,31,36)(H,32,37)/t22-,25-/m0/s1. The Bertz CT molecular complexity index is 1420. The van der Waals surface area contributed by atoms with E-state index < -0.39 is 11.3 Å². The third-order valence-corrected chi connectivity index (χ3v) is 9.03. The van der Waals surface area contributed by atoms with E-state index in [-0.39, 0.29) is 37.0 Å². The summed E-state index contributed by atoms with van der Waals surface area (Å²) in [4.78, 5) is 50.7. The van der Waals surface area contributed by atoms with Gasteiger partial charge >= 0.3 is 0 Å². The number of rotatable bonds is 8. The number of para-hydroxylation sites is 1. The molecule has 4 aliphatic rings. The molecule has 41 heavy (non-hydrogen) atoms. The Morgan fingerprint density at radius 1 is 1.10 bits per heavy atom. The van der Waals surface area contributed by atoms with Crippen LogP contribution in [-0.2, 0) is 14.4 Å². The zero-order valence-electron chi connectivity index (χ0n) is 22.9. The van der Waals surface area contributed by atoms with Gasteiger partial charge in [0.1, 0.15) is 11.9 Å². The van der Waals surface area contributed by atoms with Gasteiger partial charge in [-0.25, -0.2) is 9.89 Å². The normalized spacial score (nSPS) is 20.1. The average molecular weight is 576 g/mol. The summed E-state index contributed by atoms with van der Waals surface area (Å²) in [6.45, 7) is 2.07. The Hall–Kier alpha value is -3.86. The minimum absolute atomic E-state index is 0.0373. The summed E-state index contributed by atoms with van der Waals surface area (Å²) in [7, 11) is 0. The molecule has 0 radical (unpaired) electrons. The number of amides is 3. The number of nitrogens with one attached hydrogen (secondary N) is 2. The van der Waals surface area contributed by atoms with Crippen molar-refractivity contribution < 1.29 is 23.9 Å². The van der Waals surface area contributed by atoms with Gasteiger partial charge in [-0.15, -0.1) is 0 Å². The molecule has 6 rings (SSSR count). The molecule has 0 aromatic heterocycles. The maximum Gasteiger partial charge on any atom is 0.259 e. The number of nitrogens with zero attached hydrogens (tertiary/aromatic N) is 3. The summed E-state index contributed by atoms with van der Waals surface area (Å²) in [5, 5.41) is 5.97. The van der Waals surface area contributed by atoms with Gasteiger partial charge in [0.2, 0.25) is 18.6 Å². The van der Waals surface area contributed by atoms with E-state index >= 15 is 0 Å². The van der Waals surface area contributed by atoms with Crippen LogP contribution in [0.25, 0.3) is 0 Å². The lowest BCUT2D eigenvalue weighted by Gasteiger charge is -2.27. The molecule has 0 bridgehead atoms. The lowest BCUT2D eigenvalue weighted by atomic mass is 9.95. The van der Waals surface area contributed by atoms with Crippen molar-refractivity contribution in [1.82, 2.24) is 10.2 Å². The maximum atomic E-state index is 13.7. The Labute approximate surface area is 243 Å². The van der Waals surface area contributed by atoms with E-state index in [1.807, 2.05) is 31.2 Å². The minimum atomic E-state index is -0.679. The first-order valence-electron chi connectivity index (χ1n) is 14.3. The van der Waals surface area contributed by atoms with Gasteiger partial charge in [-0.2, -0.15) is 0 Å². The van der Waals surface area contributed by atoms with Crippen LogP contribution in [0.2, 0.25) is 0 Å². The first-order valence-corrected chi connectivity index (χ1v) is 15.1. The van der Waals surface area contributed by atoms with E-state index in [0.717, 1.165) is 31.2 Å². The van der Waals surface area contributed by atoms with Gasteiger partial charge in [0, 0.05) is 29.8 Å². The summed E-state index contributed by atoms with van der Waals surface area (Å²) >= 11 is 1.24. The second-order valence-electron chi connectivity index (χ2n) is 10.6. The van der Waals surface area contributed by atoms with Crippen molar-refractivity contribution in [2.45, 2.75) is 75.6 Å². The molecular weight excluding hydrogens is 542 g/mol. The van der Waals surface area contributed by atoms with Gasteiger partial charge in [0.05, 0.1) is 10.9 Å². The summed E-state index contributed by atoms with van der Waals surface area (Å²) in [6, 6.07) is 12.3. The molecule has 2 aromatic rings. The molecule has 2 N–H and O–H groups in total. The summed E-state index contributed by atoms with van der Waals surface area (Å²) in [5.74, 6) is 1.27. The van der Waals surface area contributed by atoms with Gasteiger partial charge in [0.25, 0.3) is 5.91 Å². The van der Waals surface area contributed by atoms with Crippen LogP contribution in [0.3, 0.4) is 0 Å². The molecule has 0 spiro atoms. The molecule has 0 unspecified atom stereocenters. The first-order chi connectivity index (χ1) is 20.0. The van der Waals surface area contributed by atoms with Gasteiger partial charge in [0.15, 0.2) is 16.7 Å². The van der Waals surface area contributed by atoms with Gasteiger partial charge in [-0.1, -0.05) is 50.1 Å². The molecule has 10 nitrogen and oxygen atoms in total. The van der Waals surface area contributed by atoms with Gasteiger partial charge < -0.3 is 20.1 Å². The molecule has 1 fully saturated rings. The van der Waals surface area contributed by atoms with Crippen LogP contribution in [0.1, 0.15) is 63.9 Å². The molecule has 1 aliphatic carbocycles. The number of thioether (sulfide) groups is 1. The zero-order valence-corrected chi connectivity index (χ0v) is 23.7. The fourth-order valence-electron chi connectivity index (χ4n) is 5.53. The van der Waals surface area contributed by atoms with Crippen molar-refractivity contribution in [3.63, 3.8) is 0 Å². The quantitative estimate of drug-likeness (QED) is 0.469. The predicted octanol–water partition coefficient (Wildman–Crippen LogP) is 4.75. The van der Waals surface area contributed by atoms with Crippen LogP contribution in [0.15, 0.2) is 52.4 Å². The lowest BCUT2D eigenvalue weighted by molar-refractivity contribution is -0.125. The Balaban J connectivity index is 1.16. The molecule has 3 amide bonds. The Morgan fingerprint density at radius 3 is 2.73 bits per heavy atom. The maximum absolute atomic E-state index is 13.7. The number of carbonyl (C=O) groups excluding carboxylic acids is 3. The fraction of sp³-hybridized carbons (Fsp3) is 0.433. The van der Waals surface area contributed by atoms with E-state index in [1.165, 1.54) is 23.1 Å². The van der Waals surface area contributed by atoms with E-state index in [0.29, 0.717) is 46.7 Å². The van der Waals surface area contributed by atoms with Crippen molar-refractivity contribution in [2.24, 2.45) is 9.98 Å². The number of aliphatic imine (C=N–C) groups is 2. The second kappa shape index (κ2) is 11.9. The van der Waals surface area contributed by atoms with Gasteiger partial charge in [-0.3, -0.25) is 19.4 Å². The van der Waals surface area contributed by atoms with Gasteiger partial charge in [-0.05, 0) is 49.9 Å². The van der Waals surface area contributed by atoms with E-state index in [1.54, 1.807) is 18.2 Å². The van der Waals surface area contributed by atoms with E-state index in [2.05, 4.69) is 10.6 Å². The van der Waals surface area contributed by atoms with Crippen LogP contribution in [-0.4, -0.2) is 57.8 Å². The third-order valence-electron chi connectivity index (χ3n) is 7.71. The molecule has 3 heterocycles. The highest BCUT2D eigenvalue weighted by atomic mass is 32.2. The number of carbonyl (C=O) groups is 3. The smallest absolute Gasteiger partial charge is 0.259 e. The van der Waals surface area contributed by atoms with Crippen LogP contribution in [0.4, 0.5) is 11.4 Å². The fourth-order valence-corrected chi connectivity index (χ4v) is 6.55. The lowest BCUT2D eigenvalue weighted by Crippen LogP contribution is -2.43. The molecule has 11 heteroatoms. The summed E-state index contributed by atoms with van der Waals surface area (Å²) in [6.07, 6.45) is 6.59. The number of hydrogen-bond acceptors (Lipinski definition) is 8. The molecule has 214 valence electrons. The van der Waals surface area contributed by atoms with E-state index in [9.17, 15) is 14.4 Å². The number of amidine groups is 2. The average Bonchev–Trinajstić information content (AvgIpc) is 3.59. The van der Waals surface area contributed by atoms with Crippen LogP contribution >= 0.6 is 11.8 Å². The molecule has 0 saturated heterocycles. The predicted molar refractivity (Wildman–Crippen MR) is 158 cm³/mol. The van der Waals surface area contributed by atoms with Crippen molar-refractivity contribution in [3.05, 3.63) is 48.0 Å². The second-order valence-corrected chi connectivity index (χ2v) is 11.7. The minimum Gasteiger partial charge on any atom is -0.454 e. The molecular formula is C30H33N5O5S. The first kappa shape index (κ1) is 27.3. The van der Waals surface area contributed by atoms with Crippen LogP contribution < -0.4 is 20.1 Å². The van der Waals surface area contributed by atoms with Crippen LogP contribution in [0.5, 0.6) is 11.5 Å². The summed E-state index contributed by atoms with van der Waals surface area (Å²) < 4.78 is 10.8. The van der Waals surface area contributed by atoms with Crippen LogP contribution in [0, 0.1) is 0 Å². The van der Waals surface area contributed by atoms with Crippen molar-refractivity contribution in [2.75, 3.05) is 12.1 Å². The summed E-state index contributed by atoms with van der Waals surface area (Å²) in [5.41, 5.74) is 2.05. The Morgan fingerprint density at radius 2 is 1.90 bits per heavy atom. The van der Waals surface area contributed by atoms with Crippen molar-refractivity contribution >= 4 is 51.9 Å². The van der Waals surface area contributed by atoms with Crippen molar-refractivity contribution in [1.29, 1.82) is 0 Å². The monoisotopic (exact) mass is 575 g/mol. The molecule has 3 aliphatic heterocycles. The largest absolute Gasteiger partial charge is 0.454 e. The molecule has 1 saturated carbocycles. The molecule has 2 atom stereocenters. The topological polar surface area (TPSA) is 122 Å². The number of hydrogen-bond donors (Lipinski definition) is 2. The highest BCUT2D eigenvalue weighted by Crippen LogP contribution is 2.37. The number of anilines is 1. The van der Waals surface area contributed by atoms with E-state index in [4.69, 9.17) is 19.5 Å². The molecule has 2 aromatic carbocycles. The highest BCUT2D eigenvalue weighted by Gasteiger charge is 2.42. The SMILES string of the molecule is CC[C@H](SC1=Nc2ccccc2C2=N[C@@H](CCC(=O)NC3CCCCC3)C(=O)N12)C(=O)Nc1ccc2c(c1)OCO2. The number of fused-ring (bicyclic) bond motifs is 4.